The number of aliphatic carboxylic acids is 1. The van der Waals surface area contributed by atoms with Crippen LogP contribution in [0.4, 0.5) is 5.13 Å². The summed E-state index contributed by atoms with van der Waals surface area (Å²) in [5.74, 6) is -1.33. The molecule has 3 aromatic rings. The van der Waals surface area contributed by atoms with Crippen LogP contribution in [0.3, 0.4) is 0 Å². The number of nitrogen functional groups attached to an aromatic ring is 1. The van der Waals surface area contributed by atoms with Crippen LogP contribution in [0.2, 0.25) is 0 Å². The Morgan fingerprint density at radius 2 is 2.22 bits per heavy atom. The molecule has 2 amide bonds. The number of carboxylic acids is 1. The first-order valence-electron chi connectivity index (χ1n) is 10.7. The van der Waals surface area contributed by atoms with E-state index < -0.39 is 29.2 Å². The highest BCUT2D eigenvalue weighted by Crippen LogP contribution is 2.40. The van der Waals surface area contributed by atoms with Crippen molar-refractivity contribution >= 4 is 57.4 Å². The van der Waals surface area contributed by atoms with Gasteiger partial charge < -0.3 is 21.0 Å². The molecule has 0 aliphatic carbocycles. The molecule has 2 aliphatic rings. The second-order valence-corrected chi connectivity index (χ2v) is 9.94. The van der Waals surface area contributed by atoms with Crippen molar-refractivity contribution in [3.8, 4) is 0 Å². The zero-order valence-corrected chi connectivity index (χ0v) is 20.7. The average Bonchev–Trinajstić information content (AvgIpc) is 3.42. The molecule has 5 heterocycles. The number of nitrogens with zero attached hydrogens (tertiary/aromatic N) is 6. The van der Waals surface area contributed by atoms with Crippen molar-refractivity contribution in [1.82, 2.24) is 24.8 Å². The molecule has 36 heavy (non-hydrogen) atoms. The summed E-state index contributed by atoms with van der Waals surface area (Å²) in [5.41, 5.74) is 7.04. The normalized spacial score (nSPS) is 19.8. The Balaban J connectivity index is 1.39. The van der Waals surface area contributed by atoms with Gasteiger partial charge in [0.05, 0.1) is 6.54 Å². The maximum absolute atomic E-state index is 13.1. The number of aromatic nitrogens is 4. The van der Waals surface area contributed by atoms with Gasteiger partial charge in [-0.2, -0.15) is 0 Å². The third kappa shape index (κ3) is 3.95. The lowest BCUT2D eigenvalue weighted by atomic mass is 10.0. The fourth-order valence-corrected chi connectivity index (χ4v) is 6.08. The smallest absolute Gasteiger partial charge is 0.352 e. The number of aryl methyl sites for hydroxylation is 1. The van der Waals surface area contributed by atoms with E-state index in [1.807, 2.05) is 35.9 Å². The van der Waals surface area contributed by atoms with Gasteiger partial charge in [-0.25, -0.2) is 14.3 Å². The van der Waals surface area contributed by atoms with Crippen molar-refractivity contribution in [2.45, 2.75) is 24.9 Å². The number of anilines is 1. The molecule has 2 atom stereocenters. The first-order valence-corrected chi connectivity index (χ1v) is 12.6. The van der Waals surface area contributed by atoms with Crippen molar-refractivity contribution in [3.05, 3.63) is 52.6 Å². The predicted octanol–water partition coefficient (Wildman–Crippen LogP) is -0.242. The van der Waals surface area contributed by atoms with E-state index in [4.69, 9.17) is 10.6 Å². The molecule has 1 saturated heterocycles. The maximum atomic E-state index is 13.1. The van der Waals surface area contributed by atoms with Crippen LogP contribution in [-0.2, 0) is 25.8 Å². The Labute approximate surface area is 212 Å². The number of nitrogens with one attached hydrogen (secondary N) is 1. The number of thioether (sulfide) groups is 1. The summed E-state index contributed by atoms with van der Waals surface area (Å²) in [6.07, 6.45) is 1.81. The zero-order valence-electron chi connectivity index (χ0n) is 19.1. The molecule has 15 heteroatoms. The average molecular weight is 530 g/mol. The van der Waals surface area contributed by atoms with E-state index in [0.717, 1.165) is 17.0 Å². The highest BCUT2D eigenvalue weighted by molar-refractivity contribution is 8.00. The van der Waals surface area contributed by atoms with Crippen LogP contribution in [-0.4, -0.2) is 72.4 Å². The lowest BCUT2D eigenvalue weighted by molar-refractivity contribution is -0.670. The lowest BCUT2D eigenvalue weighted by Crippen LogP contribution is -2.71. The van der Waals surface area contributed by atoms with Gasteiger partial charge in [0.15, 0.2) is 10.8 Å². The van der Waals surface area contributed by atoms with Crippen molar-refractivity contribution in [1.29, 1.82) is 0 Å². The molecule has 0 saturated carbocycles. The Morgan fingerprint density at radius 3 is 2.92 bits per heavy atom. The van der Waals surface area contributed by atoms with Crippen LogP contribution in [0, 0.1) is 6.92 Å². The Morgan fingerprint density at radius 1 is 1.42 bits per heavy atom. The Hall–Kier alpha value is -3.98. The molecule has 186 valence electrons. The summed E-state index contributed by atoms with van der Waals surface area (Å²) >= 11 is 2.51. The second kappa shape index (κ2) is 9.23. The summed E-state index contributed by atoms with van der Waals surface area (Å²) in [6.45, 7) is 2.10. The fourth-order valence-electron chi connectivity index (χ4n) is 4.19. The van der Waals surface area contributed by atoms with Gasteiger partial charge in [0.1, 0.15) is 36.1 Å². The summed E-state index contributed by atoms with van der Waals surface area (Å²) in [5, 5.41) is 22.0. The zero-order chi connectivity index (χ0) is 25.6. The number of pyridine rings is 1. The van der Waals surface area contributed by atoms with Gasteiger partial charge in [0, 0.05) is 34.8 Å². The van der Waals surface area contributed by atoms with Gasteiger partial charge in [-0.3, -0.25) is 14.5 Å². The van der Waals surface area contributed by atoms with Crippen molar-refractivity contribution in [3.63, 3.8) is 0 Å². The van der Waals surface area contributed by atoms with Crippen LogP contribution >= 0.6 is 23.1 Å². The van der Waals surface area contributed by atoms with E-state index in [1.54, 1.807) is 9.90 Å². The van der Waals surface area contributed by atoms with Gasteiger partial charge in [-0.1, -0.05) is 15.7 Å². The van der Waals surface area contributed by atoms with Gasteiger partial charge in [0.2, 0.25) is 0 Å². The molecule has 1 fully saturated rings. The fraction of sp³-hybridized carbons (Fsp3) is 0.286. The van der Waals surface area contributed by atoms with Crippen LogP contribution in [0.25, 0.3) is 5.65 Å². The SMILES string of the molecule is CO/N=C(\C(=O)N[C@@H]1C(=O)N2C(C(=O)O)=C(C[n+]3c(C)nn4ccccc43)CS[C@H]12)c1csc(N)n1. The minimum Gasteiger partial charge on any atom is -0.477 e. The second-order valence-electron chi connectivity index (χ2n) is 7.95. The molecule has 0 unspecified atom stereocenters. The molecule has 0 radical (unpaired) electrons. The number of rotatable bonds is 7. The minimum absolute atomic E-state index is 0.0745. The number of carbonyl (C=O) groups is 3. The highest BCUT2D eigenvalue weighted by atomic mass is 32.2. The molecule has 13 nitrogen and oxygen atoms in total. The van der Waals surface area contributed by atoms with E-state index in [2.05, 4.69) is 20.6 Å². The molecule has 4 N–H and O–H groups in total. The van der Waals surface area contributed by atoms with E-state index in [9.17, 15) is 19.5 Å². The number of thiazole rings is 1. The summed E-state index contributed by atoms with van der Waals surface area (Å²) < 4.78 is 3.61. The standard InChI is InChI=1S/C21H20N8O5S2/c1-10-25-28-6-4-3-5-13(28)27(10)7-11-8-35-19-15(18(31)29(19)16(11)20(32)33)24-17(30)14(26-34-2)12-9-36-21(22)23-12/h3-6,9,15,19H,7-8H2,1-2H3,(H3-,22,23,24,30,32,33)/p+1/b26-14-/t15-,19-/m1/s1. The highest BCUT2D eigenvalue weighted by Gasteiger charge is 2.54. The van der Waals surface area contributed by atoms with E-state index in [-0.39, 0.29) is 28.8 Å². The van der Waals surface area contributed by atoms with Crippen molar-refractivity contribution in [2.24, 2.45) is 5.16 Å². The number of hydrogen-bond donors (Lipinski definition) is 3. The summed E-state index contributed by atoms with van der Waals surface area (Å²) in [7, 11) is 1.28. The number of hydrogen-bond acceptors (Lipinski definition) is 10. The monoisotopic (exact) mass is 529 g/mol. The number of β-lactam (4-membered cyclic amide) rings is 1. The largest absolute Gasteiger partial charge is 0.477 e. The van der Waals surface area contributed by atoms with Crippen LogP contribution in [0.15, 0.2) is 46.2 Å². The predicted molar refractivity (Wildman–Crippen MR) is 130 cm³/mol. The summed E-state index contributed by atoms with van der Waals surface area (Å²) in [4.78, 5) is 48.3. The first kappa shape index (κ1) is 23.7. The molecule has 2 aliphatic heterocycles. The molecule has 0 spiro atoms. The maximum Gasteiger partial charge on any atom is 0.352 e. The number of carbonyl (C=O) groups excluding carboxylic acids is 2. The van der Waals surface area contributed by atoms with Crippen LogP contribution in [0.1, 0.15) is 11.5 Å². The molecular formula is C21H21N8O5S2+. The summed E-state index contributed by atoms with van der Waals surface area (Å²) in [6, 6.07) is 4.68. The van der Waals surface area contributed by atoms with Gasteiger partial charge >= 0.3 is 5.97 Å². The first-order chi connectivity index (χ1) is 17.3. The van der Waals surface area contributed by atoms with Gasteiger partial charge in [0.25, 0.3) is 23.3 Å². The molecule has 0 aromatic carbocycles. The molecule has 0 bridgehead atoms. The van der Waals surface area contributed by atoms with E-state index >= 15 is 0 Å². The number of carboxylic acid groups (broad SMARTS) is 1. The van der Waals surface area contributed by atoms with Gasteiger partial charge in [-0.15, -0.1) is 23.1 Å². The third-order valence-corrected chi connectivity index (χ3v) is 7.80. The number of fused-ring (bicyclic) bond motifs is 2. The topological polar surface area (TPSA) is 168 Å². The van der Waals surface area contributed by atoms with Crippen LogP contribution in [0.5, 0.6) is 0 Å². The number of amides is 2. The molecule has 5 rings (SSSR count). The van der Waals surface area contributed by atoms with Gasteiger partial charge in [-0.05, 0) is 6.07 Å². The van der Waals surface area contributed by atoms with Crippen LogP contribution < -0.4 is 15.6 Å². The molecular weight excluding hydrogens is 508 g/mol. The Kier molecular flexibility index (Phi) is 6.09. The third-order valence-electron chi connectivity index (χ3n) is 5.79. The van der Waals surface area contributed by atoms with E-state index in [0.29, 0.717) is 17.2 Å². The Bertz CT molecular complexity index is 1460. The molecule has 3 aromatic heterocycles. The minimum atomic E-state index is -1.21. The van der Waals surface area contributed by atoms with E-state index in [1.165, 1.54) is 23.8 Å². The number of oxime groups is 1. The lowest BCUT2D eigenvalue weighted by Gasteiger charge is -2.49. The quantitative estimate of drug-likeness (QED) is 0.162. The van der Waals surface area contributed by atoms with Crippen molar-refractivity contribution < 1.29 is 28.9 Å². The van der Waals surface area contributed by atoms with Crippen molar-refractivity contribution in [2.75, 3.05) is 18.6 Å². The number of nitrogens with two attached hydrogens (primary N) is 1.